The van der Waals surface area contributed by atoms with Crippen molar-refractivity contribution in [2.75, 3.05) is 32.8 Å². The maximum atomic E-state index is 13.0. The van der Waals surface area contributed by atoms with Gasteiger partial charge in [-0.25, -0.2) is 0 Å². The highest BCUT2D eigenvalue weighted by Gasteiger charge is 2.49. The summed E-state index contributed by atoms with van der Waals surface area (Å²) >= 11 is 0. The summed E-state index contributed by atoms with van der Waals surface area (Å²) in [4.78, 5) is 29.5. The van der Waals surface area contributed by atoms with E-state index in [1.54, 1.807) is 33.1 Å². The van der Waals surface area contributed by atoms with Crippen molar-refractivity contribution < 1.29 is 14.7 Å². The number of aliphatic hydroxyl groups is 1. The highest BCUT2D eigenvalue weighted by atomic mass is 16.3. The normalized spacial score (nSPS) is 22.6. The molecule has 142 valence electrons. The SMILES string of the molecule is O=C(c1cccc(-n2cnnc2)c1)N1CC[C@@]2(CCCN(CCO)C2=O)C1. The van der Waals surface area contributed by atoms with E-state index in [9.17, 15) is 14.7 Å². The molecule has 0 radical (unpaired) electrons. The van der Waals surface area contributed by atoms with Crippen LogP contribution in [0.15, 0.2) is 36.9 Å². The average molecular weight is 369 g/mol. The lowest BCUT2D eigenvalue weighted by Crippen LogP contribution is -2.51. The quantitative estimate of drug-likeness (QED) is 0.857. The van der Waals surface area contributed by atoms with Gasteiger partial charge in [0.25, 0.3) is 5.91 Å². The second-order valence-corrected chi connectivity index (χ2v) is 7.30. The fraction of sp³-hybridized carbons (Fsp3) is 0.474. The van der Waals surface area contributed by atoms with E-state index in [0.717, 1.165) is 18.5 Å². The van der Waals surface area contributed by atoms with Crippen molar-refractivity contribution in [3.63, 3.8) is 0 Å². The van der Waals surface area contributed by atoms with E-state index in [2.05, 4.69) is 10.2 Å². The van der Waals surface area contributed by atoms with Gasteiger partial charge < -0.3 is 14.9 Å². The molecule has 1 spiro atoms. The molecule has 0 unspecified atom stereocenters. The molecule has 2 aliphatic heterocycles. The summed E-state index contributed by atoms with van der Waals surface area (Å²) < 4.78 is 1.75. The largest absolute Gasteiger partial charge is 0.395 e. The van der Waals surface area contributed by atoms with Crippen LogP contribution in [0.2, 0.25) is 0 Å². The number of carbonyl (C=O) groups excluding carboxylic acids is 2. The van der Waals surface area contributed by atoms with Crippen molar-refractivity contribution in [1.82, 2.24) is 24.6 Å². The lowest BCUT2D eigenvalue weighted by molar-refractivity contribution is -0.146. The van der Waals surface area contributed by atoms with Gasteiger partial charge in [0.15, 0.2) is 0 Å². The molecular formula is C19H23N5O3. The molecule has 3 heterocycles. The summed E-state index contributed by atoms with van der Waals surface area (Å²) in [6, 6.07) is 7.34. The Kier molecular flexibility index (Phi) is 4.65. The Balaban J connectivity index is 1.51. The minimum absolute atomic E-state index is 0.0274. The number of likely N-dealkylation sites (tertiary alicyclic amines) is 2. The molecule has 8 heteroatoms. The van der Waals surface area contributed by atoms with Crippen LogP contribution in [0.5, 0.6) is 0 Å². The van der Waals surface area contributed by atoms with Gasteiger partial charge in [0.05, 0.1) is 12.0 Å². The molecule has 1 N–H and O–H groups in total. The van der Waals surface area contributed by atoms with Gasteiger partial charge in [-0.3, -0.25) is 14.2 Å². The molecule has 8 nitrogen and oxygen atoms in total. The first-order valence-electron chi connectivity index (χ1n) is 9.28. The van der Waals surface area contributed by atoms with Gasteiger partial charge in [-0.2, -0.15) is 0 Å². The summed E-state index contributed by atoms with van der Waals surface area (Å²) in [5, 5.41) is 16.8. The zero-order chi connectivity index (χ0) is 18.9. The van der Waals surface area contributed by atoms with Gasteiger partial charge in [0.1, 0.15) is 12.7 Å². The number of hydrogen-bond acceptors (Lipinski definition) is 5. The first-order valence-corrected chi connectivity index (χ1v) is 9.28. The summed E-state index contributed by atoms with van der Waals surface area (Å²) in [6.45, 7) is 2.06. The van der Waals surface area contributed by atoms with E-state index < -0.39 is 5.41 Å². The van der Waals surface area contributed by atoms with Crippen LogP contribution >= 0.6 is 0 Å². The first-order chi connectivity index (χ1) is 13.1. The van der Waals surface area contributed by atoms with Gasteiger partial charge in [-0.15, -0.1) is 10.2 Å². The number of benzene rings is 1. The van der Waals surface area contributed by atoms with Gasteiger partial charge in [0.2, 0.25) is 5.91 Å². The predicted octanol–water partition coefficient (Wildman–Crippen LogP) is 0.714. The molecule has 2 aliphatic rings. The third-order valence-corrected chi connectivity index (χ3v) is 5.65. The van der Waals surface area contributed by atoms with E-state index in [4.69, 9.17) is 0 Å². The van der Waals surface area contributed by atoms with E-state index >= 15 is 0 Å². The van der Waals surface area contributed by atoms with Crippen molar-refractivity contribution >= 4 is 11.8 Å². The number of nitrogens with zero attached hydrogens (tertiary/aromatic N) is 5. The number of carbonyl (C=O) groups is 2. The number of amides is 2. The Morgan fingerprint density at radius 3 is 2.78 bits per heavy atom. The monoisotopic (exact) mass is 369 g/mol. The summed E-state index contributed by atoms with van der Waals surface area (Å²) in [5.41, 5.74) is 0.922. The Bertz CT molecular complexity index is 836. The van der Waals surface area contributed by atoms with Crippen molar-refractivity contribution in [3.8, 4) is 5.69 Å². The van der Waals surface area contributed by atoms with E-state index in [1.165, 1.54) is 0 Å². The number of β-amino-alcohol motifs (C(OH)–C–C–N with tert-alkyl or cyclic N) is 1. The molecule has 1 aromatic carbocycles. The van der Waals surface area contributed by atoms with Crippen molar-refractivity contribution in [3.05, 3.63) is 42.5 Å². The lowest BCUT2D eigenvalue weighted by atomic mass is 9.78. The van der Waals surface area contributed by atoms with Crippen LogP contribution < -0.4 is 0 Å². The van der Waals surface area contributed by atoms with Gasteiger partial charge in [-0.05, 0) is 37.5 Å². The minimum atomic E-state index is -0.491. The Morgan fingerprint density at radius 1 is 1.19 bits per heavy atom. The maximum Gasteiger partial charge on any atom is 0.253 e. The topological polar surface area (TPSA) is 91.6 Å². The molecular weight excluding hydrogens is 346 g/mol. The highest BCUT2D eigenvalue weighted by Crippen LogP contribution is 2.40. The van der Waals surface area contributed by atoms with Crippen LogP contribution in [0, 0.1) is 5.41 Å². The molecule has 0 aliphatic carbocycles. The van der Waals surface area contributed by atoms with Crippen LogP contribution in [0.25, 0.3) is 5.69 Å². The fourth-order valence-corrected chi connectivity index (χ4v) is 4.23. The molecule has 27 heavy (non-hydrogen) atoms. The van der Waals surface area contributed by atoms with Crippen LogP contribution in [0.3, 0.4) is 0 Å². The van der Waals surface area contributed by atoms with E-state index in [-0.39, 0.29) is 18.4 Å². The van der Waals surface area contributed by atoms with Crippen LogP contribution in [0.4, 0.5) is 0 Å². The van der Waals surface area contributed by atoms with Gasteiger partial charge in [0, 0.05) is 37.4 Å². The Hall–Kier alpha value is -2.74. The molecule has 2 saturated heterocycles. The molecule has 2 fully saturated rings. The summed E-state index contributed by atoms with van der Waals surface area (Å²) in [5.74, 6) is 0.0187. The molecule has 2 amide bonds. The molecule has 2 aromatic rings. The number of aliphatic hydroxyl groups excluding tert-OH is 1. The Morgan fingerprint density at radius 2 is 2.00 bits per heavy atom. The van der Waals surface area contributed by atoms with Crippen molar-refractivity contribution in [2.45, 2.75) is 19.3 Å². The Labute approximate surface area is 157 Å². The zero-order valence-electron chi connectivity index (χ0n) is 15.1. The third-order valence-electron chi connectivity index (χ3n) is 5.65. The molecule has 0 saturated carbocycles. The van der Waals surface area contributed by atoms with Gasteiger partial charge in [-0.1, -0.05) is 6.07 Å². The fourth-order valence-electron chi connectivity index (χ4n) is 4.23. The van der Waals surface area contributed by atoms with Gasteiger partial charge >= 0.3 is 0 Å². The number of hydrogen-bond donors (Lipinski definition) is 1. The van der Waals surface area contributed by atoms with Crippen LogP contribution in [-0.2, 0) is 4.79 Å². The second kappa shape index (κ2) is 7.11. The molecule has 4 rings (SSSR count). The standard InChI is InChI=1S/C19H23N5O3/c25-10-9-22-7-2-5-19(18(22)27)6-8-23(12-19)17(26)15-3-1-4-16(11-15)24-13-20-21-14-24/h1,3-4,11,13-14,25H,2,5-10,12H2/t19-/m0/s1. The number of piperidine rings is 1. The highest BCUT2D eigenvalue weighted by molar-refractivity contribution is 5.96. The van der Waals surface area contributed by atoms with E-state index in [0.29, 0.717) is 38.2 Å². The van der Waals surface area contributed by atoms with Crippen molar-refractivity contribution in [1.29, 1.82) is 0 Å². The summed E-state index contributed by atoms with van der Waals surface area (Å²) in [7, 11) is 0. The number of rotatable bonds is 4. The molecule has 1 atom stereocenters. The molecule has 0 bridgehead atoms. The minimum Gasteiger partial charge on any atom is -0.395 e. The van der Waals surface area contributed by atoms with Crippen molar-refractivity contribution in [2.24, 2.45) is 5.41 Å². The lowest BCUT2D eigenvalue weighted by Gasteiger charge is -2.39. The first kappa shape index (κ1) is 17.7. The smallest absolute Gasteiger partial charge is 0.253 e. The van der Waals surface area contributed by atoms with Crippen LogP contribution in [-0.4, -0.2) is 74.3 Å². The summed E-state index contributed by atoms with van der Waals surface area (Å²) in [6.07, 6.45) is 5.58. The maximum absolute atomic E-state index is 13.0. The predicted molar refractivity (Wildman–Crippen MR) is 97.2 cm³/mol. The molecule has 1 aromatic heterocycles. The van der Waals surface area contributed by atoms with E-state index in [1.807, 2.05) is 18.2 Å². The average Bonchev–Trinajstić information content (AvgIpc) is 3.36. The number of aromatic nitrogens is 3. The second-order valence-electron chi connectivity index (χ2n) is 7.30. The third kappa shape index (κ3) is 3.21. The zero-order valence-corrected chi connectivity index (χ0v) is 15.1. The van der Waals surface area contributed by atoms with Crippen LogP contribution in [0.1, 0.15) is 29.6 Å².